The maximum atomic E-state index is 5.72. The quantitative estimate of drug-likeness (QED) is 0.499. The monoisotopic (exact) mass is 211 g/mol. The van der Waals surface area contributed by atoms with Crippen LogP contribution in [0.3, 0.4) is 0 Å². The Morgan fingerprint density at radius 2 is 2.07 bits per heavy atom. The molecule has 2 N–H and O–H groups in total. The number of hydrogen-bond donors (Lipinski definition) is 1. The van der Waals surface area contributed by atoms with Crippen molar-refractivity contribution in [1.82, 2.24) is 0 Å². The first-order valence-corrected chi connectivity index (χ1v) is 4.98. The van der Waals surface area contributed by atoms with Crippen LogP contribution in [-0.2, 0) is 0 Å². The van der Waals surface area contributed by atoms with Gasteiger partial charge in [-0.3, -0.25) is 0 Å². The van der Waals surface area contributed by atoms with Gasteiger partial charge in [-0.05, 0) is 6.07 Å². The zero-order chi connectivity index (χ0) is 8.67. The Morgan fingerprint density at radius 1 is 1.21 bits per heavy atom. The van der Waals surface area contributed by atoms with E-state index in [9.17, 15) is 0 Å². The van der Waals surface area contributed by atoms with Gasteiger partial charge in [0, 0.05) is 11.5 Å². The van der Waals surface area contributed by atoms with Crippen molar-refractivity contribution in [1.29, 1.82) is 0 Å². The summed E-state index contributed by atoms with van der Waals surface area (Å²) in [6.45, 7) is 3.39. The fourth-order valence-electron chi connectivity index (χ4n) is 2.53. The molecule has 0 bridgehead atoms. The third-order valence-electron chi connectivity index (χ3n) is 3.23. The molecule has 0 spiro atoms. The molecule has 76 valence electrons. The lowest BCUT2D eigenvalue weighted by atomic mass is 9.87. The first-order chi connectivity index (χ1) is 6.45. The minimum absolute atomic E-state index is 0. The lowest BCUT2D eigenvalue weighted by Crippen LogP contribution is -3.00. The van der Waals surface area contributed by atoms with Crippen molar-refractivity contribution in [3.8, 4) is 5.75 Å². The first kappa shape index (κ1) is 9.81. The van der Waals surface area contributed by atoms with Gasteiger partial charge in [0.15, 0.2) is 0 Å². The molecular weight excluding hydrogens is 198 g/mol. The molecule has 2 aliphatic rings. The summed E-state index contributed by atoms with van der Waals surface area (Å²) >= 11 is 0. The summed E-state index contributed by atoms with van der Waals surface area (Å²) in [5, 5.41) is 2.40. The molecule has 0 amide bonds. The summed E-state index contributed by atoms with van der Waals surface area (Å²) in [5.74, 6) is 2.60. The topological polar surface area (TPSA) is 25.8 Å². The van der Waals surface area contributed by atoms with Gasteiger partial charge >= 0.3 is 0 Å². The van der Waals surface area contributed by atoms with Crippen molar-refractivity contribution >= 4 is 0 Å². The van der Waals surface area contributed by atoms with Crippen LogP contribution in [0.5, 0.6) is 5.75 Å². The predicted octanol–water partition coefficient (Wildman–Crippen LogP) is -2.64. The summed E-state index contributed by atoms with van der Waals surface area (Å²) in [7, 11) is 0. The van der Waals surface area contributed by atoms with E-state index in [0.29, 0.717) is 0 Å². The van der Waals surface area contributed by atoms with Crippen molar-refractivity contribution in [2.45, 2.75) is 5.92 Å². The number of nitrogens with two attached hydrogens (primary N) is 1. The molecule has 0 unspecified atom stereocenters. The summed E-state index contributed by atoms with van der Waals surface area (Å²) < 4.78 is 5.72. The molecule has 3 heteroatoms. The highest BCUT2D eigenvalue weighted by molar-refractivity contribution is 5.38. The number of para-hydroxylation sites is 1. The second kappa shape index (κ2) is 3.79. The van der Waals surface area contributed by atoms with Gasteiger partial charge in [-0.1, -0.05) is 18.2 Å². The minimum atomic E-state index is 0. The van der Waals surface area contributed by atoms with Gasteiger partial charge in [0.05, 0.1) is 25.6 Å². The second-order valence-electron chi connectivity index (χ2n) is 3.98. The largest absolute Gasteiger partial charge is 1.00 e. The SMILES string of the molecule is [Cl-].c1ccc2c(c1)OC[C@H]1C[NH2+]C[C@H]21. The Hall–Kier alpha value is -0.730. The second-order valence-corrected chi connectivity index (χ2v) is 3.98. The molecule has 2 aliphatic heterocycles. The Bertz CT molecular complexity index is 329. The Balaban J connectivity index is 0.000000750. The highest BCUT2D eigenvalue weighted by Gasteiger charge is 2.37. The van der Waals surface area contributed by atoms with E-state index in [2.05, 4.69) is 29.6 Å². The smallest absolute Gasteiger partial charge is 0.123 e. The molecule has 2 atom stereocenters. The number of rotatable bonds is 0. The van der Waals surface area contributed by atoms with Crippen LogP contribution in [0.15, 0.2) is 24.3 Å². The number of halogens is 1. The van der Waals surface area contributed by atoms with E-state index in [1.54, 1.807) is 0 Å². The maximum Gasteiger partial charge on any atom is 0.123 e. The first-order valence-electron chi connectivity index (χ1n) is 4.98. The highest BCUT2D eigenvalue weighted by Crippen LogP contribution is 2.36. The van der Waals surface area contributed by atoms with E-state index in [-0.39, 0.29) is 12.4 Å². The van der Waals surface area contributed by atoms with Crippen LogP contribution < -0.4 is 22.5 Å². The number of fused-ring (bicyclic) bond motifs is 3. The Labute approximate surface area is 90.1 Å². The molecule has 0 saturated carbocycles. The lowest BCUT2D eigenvalue weighted by Gasteiger charge is -2.25. The number of ether oxygens (including phenoxy) is 1. The van der Waals surface area contributed by atoms with Crippen molar-refractivity contribution in [2.24, 2.45) is 5.92 Å². The zero-order valence-electron chi connectivity index (χ0n) is 7.95. The number of quaternary nitrogens is 1. The normalized spacial score (nSPS) is 28.3. The van der Waals surface area contributed by atoms with Gasteiger partial charge in [0.2, 0.25) is 0 Å². The van der Waals surface area contributed by atoms with Gasteiger partial charge in [-0.25, -0.2) is 0 Å². The summed E-state index contributed by atoms with van der Waals surface area (Å²) in [6, 6.07) is 8.47. The lowest BCUT2D eigenvalue weighted by molar-refractivity contribution is -0.638. The average molecular weight is 212 g/mol. The molecule has 0 aromatic heterocycles. The van der Waals surface area contributed by atoms with Gasteiger partial charge in [-0.15, -0.1) is 0 Å². The molecule has 3 rings (SSSR count). The van der Waals surface area contributed by atoms with Crippen molar-refractivity contribution in [3.63, 3.8) is 0 Å². The summed E-state index contributed by atoms with van der Waals surface area (Å²) in [6.07, 6.45) is 0. The molecular formula is C11H14ClNO. The molecule has 2 nitrogen and oxygen atoms in total. The maximum absolute atomic E-state index is 5.72. The third kappa shape index (κ3) is 1.39. The standard InChI is InChI=1S/C11H13NO.ClH/c1-2-4-11-9(3-1)10-6-12-5-8(10)7-13-11;/h1-4,8,10,12H,5-7H2;1H/t8-,10+;/m1./s1. The Kier molecular flexibility index (Phi) is 2.66. The Morgan fingerprint density at radius 3 is 3.00 bits per heavy atom. The highest BCUT2D eigenvalue weighted by atomic mass is 35.5. The fourth-order valence-corrected chi connectivity index (χ4v) is 2.53. The summed E-state index contributed by atoms with van der Waals surface area (Å²) in [4.78, 5) is 0. The van der Waals surface area contributed by atoms with Gasteiger partial charge < -0.3 is 22.5 Å². The molecule has 1 saturated heterocycles. The van der Waals surface area contributed by atoms with Crippen molar-refractivity contribution in [3.05, 3.63) is 29.8 Å². The van der Waals surface area contributed by atoms with Crippen molar-refractivity contribution in [2.75, 3.05) is 19.7 Å². The predicted molar refractivity (Wildman–Crippen MR) is 49.8 cm³/mol. The van der Waals surface area contributed by atoms with Crippen LogP contribution in [0, 0.1) is 5.92 Å². The molecule has 14 heavy (non-hydrogen) atoms. The van der Waals surface area contributed by atoms with Crippen molar-refractivity contribution < 1.29 is 22.5 Å². The molecule has 1 aromatic rings. The fraction of sp³-hybridized carbons (Fsp3) is 0.455. The van der Waals surface area contributed by atoms with Crippen LogP contribution >= 0.6 is 0 Å². The van der Waals surface area contributed by atoms with Crippen LogP contribution in [0.4, 0.5) is 0 Å². The zero-order valence-corrected chi connectivity index (χ0v) is 8.70. The van der Waals surface area contributed by atoms with E-state index in [1.807, 2.05) is 0 Å². The van der Waals surface area contributed by atoms with Gasteiger partial charge in [-0.2, -0.15) is 0 Å². The molecule has 0 radical (unpaired) electrons. The van der Waals surface area contributed by atoms with Crippen LogP contribution in [0.1, 0.15) is 11.5 Å². The summed E-state index contributed by atoms with van der Waals surface area (Å²) in [5.41, 5.74) is 1.42. The minimum Gasteiger partial charge on any atom is -1.00 e. The van der Waals surface area contributed by atoms with E-state index in [4.69, 9.17) is 4.74 Å². The van der Waals surface area contributed by atoms with Crippen LogP contribution in [0.25, 0.3) is 0 Å². The van der Waals surface area contributed by atoms with E-state index < -0.39 is 0 Å². The average Bonchev–Trinajstić information content (AvgIpc) is 2.65. The van der Waals surface area contributed by atoms with E-state index in [0.717, 1.165) is 24.2 Å². The molecule has 1 fully saturated rings. The molecule has 2 heterocycles. The van der Waals surface area contributed by atoms with Crippen LogP contribution in [0.2, 0.25) is 0 Å². The van der Waals surface area contributed by atoms with Gasteiger partial charge in [0.1, 0.15) is 5.75 Å². The number of benzene rings is 1. The van der Waals surface area contributed by atoms with E-state index >= 15 is 0 Å². The molecule has 0 aliphatic carbocycles. The number of hydrogen-bond acceptors (Lipinski definition) is 1. The van der Waals surface area contributed by atoms with Gasteiger partial charge in [0.25, 0.3) is 0 Å². The van der Waals surface area contributed by atoms with E-state index in [1.165, 1.54) is 18.7 Å². The molecule has 1 aromatic carbocycles. The third-order valence-corrected chi connectivity index (χ3v) is 3.23. The van der Waals surface area contributed by atoms with Crippen LogP contribution in [-0.4, -0.2) is 19.7 Å².